The molecular formula is C22H22N2O4. The van der Waals surface area contributed by atoms with Crippen molar-refractivity contribution in [1.82, 2.24) is 5.32 Å². The number of nitrogens with one attached hydrogen (secondary N) is 2. The van der Waals surface area contributed by atoms with E-state index in [-0.39, 0.29) is 24.3 Å². The fourth-order valence-corrected chi connectivity index (χ4v) is 3.76. The van der Waals surface area contributed by atoms with E-state index in [1.54, 1.807) is 24.3 Å². The predicted octanol–water partition coefficient (Wildman–Crippen LogP) is 2.78. The van der Waals surface area contributed by atoms with Gasteiger partial charge in [0, 0.05) is 23.7 Å². The quantitative estimate of drug-likeness (QED) is 0.720. The topological polar surface area (TPSA) is 95.5 Å². The van der Waals surface area contributed by atoms with Gasteiger partial charge in [-0.2, -0.15) is 0 Å². The zero-order valence-corrected chi connectivity index (χ0v) is 15.4. The second-order valence-electron chi connectivity index (χ2n) is 7.76. The van der Waals surface area contributed by atoms with E-state index >= 15 is 0 Å². The van der Waals surface area contributed by atoms with Gasteiger partial charge in [0.25, 0.3) is 5.91 Å². The molecule has 1 fully saturated rings. The van der Waals surface area contributed by atoms with Crippen LogP contribution in [-0.2, 0) is 22.4 Å². The predicted molar refractivity (Wildman–Crippen MR) is 104 cm³/mol. The molecule has 2 aromatic rings. The van der Waals surface area contributed by atoms with Crippen LogP contribution >= 0.6 is 0 Å². The smallest absolute Gasteiger partial charge is 0.310 e. The van der Waals surface area contributed by atoms with E-state index in [2.05, 4.69) is 10.6 Å². The summed E-state index contributed by atoms with van der Waals surface area (Å²) in [4.78, 5) is 36.5. The molecule has 0 atom stereocenters. The minimum absolute atomic E-state index is 0.0963. The van der Waals surface area contributed by atoms with Gasteiger partial charge in [-0.15, -0.1) is 0 Å². The maximum Gasteiger partial charge on any atom is 0.310 e. The summed E-state index contributed by atoms with van der Waals surface area (Å²) in [5.41, 5.74) is 1.95. The fraction of sp³-hybridized carbons (Fsp3) is 0.318. The second-order valence-corrected chi connectivity index (χ2v) is 7.76. The number of carboxylic acid groups (broad SMARTS) is 1. The van der Waals surface area contributed by atoms with Crippen molar-refractivity contribution in [3.8, 4) is 0 Å². The van der Waals surface area contributed by atoms with E-state index in [1.807, 2.05) is 24.3 Å². The molecule has 0 aromatic heterocycles. The summed E-state index contributed by atoms with van der Waals surface area (Å²) in [5, 5.41) is 15.5. The van der Waals surface area contributed by atoms with Gasteiger partial charge in [-0.05, 0) is 61.1 Å². The SMILES string of the molecule is O=C(CC1(C(=O)O)Cc2ccccc2C1)Nc1ccc(C(=O)NC2CC2)cc1. The van der Waals surface area contributed by atoms with Crippen molar-refractivity contribution in [3.05, 3.63) is 65.2 Å². The molecule has 2 amide bonds. The summed E-state index contributed by atoms with van der Waals surface area (Å²) >= 11 is 0. The zero-order valence-electron chi connectivity index (χ0n) is 15.4. The number of hydrogen-bond donors (Lipinski definition) is 3. The Kier molecular flexibility index (Phi) is 4.63. The van der Waals surface area contributed by atoms with Crippen LogP contribution in [0.1, 0.15) is 40.7 Å². The highest BCUT2D eigenvalue weighted by Crippen LogP contribution is 2.40. The Balaban J connectivity index is 1.40. The lowest BCUT2D eigenvalue weighted by Gasteiger charge is -2.23. The number of amides is 2. The van der Waals surface area contributed by atoms with Gasteiger partial charge in [-0.3, -0.25) is 14.4 Å². The highest BCUT2D eigenvalue weighted by molar-refractivity contribution is 5.97. The van der Waals surface area contributed by atoms with Crippen molar-refractivity contribution in [2.45, 2.75) is 38.1 Å². The number of carbonyl (C=O) groups is 3. The Hall–Kier alpha value is -3.15. The highest BCUT2D eigenvalue weighted by Gasteiger charge is 2.45. The number of aliphatic carboxylic acids is 1. The second kappa shape index (κ2) is 7.11. The molecule has 6 heteroatoms. The standard InChI is InChI=1S/C22H22N2O4/c25-19(13-22(21(27)28)11-15-3-1-2-4-16(15)12-22)23-17-7-5-14(6-8-17)20(26)24-18-9-10-18/h1-8,18H,9-13H2,(H,23,25)(H,24,26)(H,27,28). The molecule has 28 heavy (non-hydrogen) atoms. The Labute approximate surface area is 163 Å². The number of rotatable bonds is 6. The van der Waals surface area contributed by atoms with Gasteiger partial charge in [0.2, 0.25) is 5.91 Å². The molecule has 144 valence electrons. The maximum absolute atomic E-state index is 12.5. The third kappa shape index (κ3) is 3.76. The summed E-state index contributed by atoms with van der Waals surface area (Å²) in [5.74, 6) is -1.41. The van der Waals surface area contributed by atoms with E-state index in [9.17, 15) is 19.5 Å². The normalized spacial score (nSPS) is 16.9. The first-order valence-corrected chi connectivity index (χ1v) is 9.46. The molecule has 0 saturated heterocycles. The first kappa shape index (κ1) is 18.2. The van der Waals surface area contributed by atoms with Gasteiger partial charge in [0.1, 0.15) is 0 Å². The van der Waals surface area contributed by atoms with Crippen LogP contribution in [-0.4, -0.2) is 28.9 Å². The zero-order chi connectivity index (χ0) is 19.7. The molecule has 0 spiro atoms. The minimum Gasteiger partial charge on any atom is -0.481 e. The number of benzene rings is 2. The molecule has 0 aliphatic heterocycles. The first-order valence-electron chi connectivity index (χ1n) is 9.46. The lowest BCUT2D eigenvalue weighted by Crippen LogP contribution is -2.36. The van der Waals surface area contributed by atoms with Crippen LogP contribution in [0.15, 0.2) is 48.5 Å². The van der Waals surface area contributed by atoms with Crippen molar-refractivity contribution >= 4 is 23.5 Å². The van der Waals surface area contributed by atoms with E-state index in [0.717, 1.165) is 24.0 Å². The molecule has 0 radical (unpaired) electrons. The van der Waals surface area contributed by atoms with Crippen LogP contribution in [0, 0.1) is 5.41 Å². The molecular weight excluding hydrogens is 356 g/mol. The lowest BCUT2D eigenvalue weighted by molar-refractivity contribution is -0.150. The van der Waals surface area contributed by atoms with Gasteiger partial charge in [0.05, 0.1) is 5.41 Å². The molecule has 2 aliphatic rings. The number of carboxylic acids is 1. The molecule has 3 N–H and O–H groups in total. The number of hydrogen-bond acceptors (Lipinski definition) is 3. The van der Waals surface area contributed by atoms with E-state index in [0.29, 0.717) is 24.1 Å². The molecule has 2 aromatic carbocycles. The maximum atomic E-state index is 12.5. The van der Waals surface area contributed by atoms with Gasteiger partial charge in [-0.25, -0.2) is 0 Å². The molecule has 0 heterocycles. The largest absolute Gasteiger partial charge is 0.481 e. The van der Waals surface area contributed by atoms with Crippen LogP contribution in [0.3, 0.4) is 0 Å². The summed E-state index contributed by atoms with van der Waals surface area (Å²) < 4.78 is 0. The van der Waals surface area contributed by atoms with Crippen LogP contribution in [0.5, 0.6) is 0 Å². The highest BCUT2D eigenvalue weighted by atomic mass is 16.4. The average molecular weight is 378 g/mol. The molecule has 0 bridgehead atoms. The van der Waals surface area contributed by atoms with Gasteiger partial charge >= 0.3 is 5.97 Å². The van der Waals surface area contributed by atoms with Gasteiger partial charge in [0.15, 0.2) is 0 Å². The van der Waals surface area contributed by atoms with Crippen molar-refractivity contribution in [2.24, 2.45) is 5.41 Å². The van der Waals surface area contributed by atoms with Crippen LogP contribution in [0.4, 0.5) is 5.69 Å². The molecule has 4 rings (SSSR count). The lowest BCUT2D eigenvalue weighted by atomic mass is 9.81. The van der Waals surface area contributed by atoms with Crippen LogP contribution < -0.4 is 10.6 Å². The van der Waals surface area contributed by atoms with E-state index in [1.165, 1.54) is 0 Å². The molecule has 0 unspecified atom stereocenters. The number of fused-ring (bicyclic) bond motifs is 1. The Bertz CT molecular complexity index is 907. The summed E-state index contributed by atoms with van der Waals surface area (Å²) in [6.07, 6.45) is 2.66. The Morgan fingerprint density at radius 1 is 0.964 bits per heavy atom. The summed E-state index contributed by atoms with van der Waals surface area (Å²) in [6, 6.07) is 14.5. The third-order valence-corrected chi connectivity index (χ3v) is 5.47. The van der Waals surface area contributed by atoms with Gasteiger partial charge < -0.3 is 15.7 Å². The van der Waals surface area contributed by atoms with Gasteiger partial charge in [-0.1, -0.05) is 24.3 Å². The monoisotopic (exact) mass is 378 g/mol. The number of anilines is 1. The number of carbonyl (C=O) groups excluding carboxylic acids is 2. The third-order valence-electron chi connectivity index (χ3n) is 5.47. The first-order chi connectivity index (χ1) is 13.4. The van der Waals surface area contributed by atoms with Crippen molar-refractivity contribution in [1.29, 1.82) is 0 Å². The minimum atomic E-state index is -1.11. The Morgan fingerprint density at radius 3 is 2.11 bits per heavy atom. The fourth-order valence-electron chi connectivity index (χ4n) is 3.76. The van der Waals surface area contributed by atoms with E-state index < -0.39 is 11.4 Å². The van der Waals surface area contributed by atoms with Crippen molar-refractivity contribution in [3.63, 3.8) is 0 Å². The molecule has 2 aliphatic carbocycles. The van der Waals surface area contributed by atoms with Crippen LogP contribution in [0.2, 0.25) is 0 Å². The Morgan fingerprint density at radius 2 is 1.57 bits per heavy atom. The summed E-state index contributed by atoms with van der Waals surface area (Å²) in [7, 11) is 0. The molecule has 6 nitrogen and oxygen atoms in total. The summed E-state index contributed by atoms with van der Waals surface area (Å²) in [6.45, 7) is 0. The van der Waals surface area contributed by atoms with Crippen molar-refractivity contribution < 1.29 is 19.5 Å². The average Bonchev–Trinajstić information content (AvgIpc) is 3.39. The molecule has 1 saturated carbocycles. The van der Waals surface area contributed by atoms with Crippen LogP contribution in [0.25, 0.3) is 0 Å². The van der Waals surface area contributed by atoms with Crippen molar-refractivity contribution in [2.75, 3.05) is 5.32 Å². The van der Waals surface area contributed by atoms with E-state index in [4.69, 9.17) is 0 Å².